The monoisotopic (exact) mass is 433 g/mol. The number of pyridine rings is 1. The number of carbonyl (C=O) groups is 2. The maximum absolute atomic E-state index is 12.8. The number of ketones is 2. The van der Waals surface area contributed by atoms with Gasteiger partial charge in [-0.3, -0.25) is 18.7 Å². The molecule has 11 heteroatoms. The minimum absolute atomic E-state index is 0.0353. The van der Waals surface area contributed by atoms with Gasteiger partial charge in [0.1, 0.15) is 15.7 Å². The number of aromatic nitrogens is 1. The Morgan fingerprint density at radius 2 is 1.31 bits per heavy atom. The number of carbonyl (C=O) groups excluding carboxylic acids is 2. The first kappa shape index (κ1) is 19.3. The summed E-state index contributed by atoms with van der Waals surface area (Å²) in [6.07, 6.45) is 0. The summed E-state index contributed by atoms with van der Waals surface area (Å²) < 4.78 is 66.4. The zero-order valence-corrected chi connectivity index (χ0v) is 15.9. The van der Waals surface area contributed by atoms with E-state index in [4.69, 9.17) is 0 Å². The molecular formula is C18H11NO8S2. The molecule has 148 valence electrons. The Morgan fingerprint density at radius 3 is 1.83 bits per heavy atom. The van der Waals surface area contributed by atoms with E-state index in [1.165, 1.54) is 36.4 Å². The maximum atomic E-state index is 12.8. The number of hydrogen-bond acceptors (Lipinski definition) is 7. The molecule has 29 heavy (non-hydrogen) atoms. The van der Waals surface area contributed by atoms with Gasteiger partial charge < -0.3 is 0 Å². The lowest BCUT2D eigenvalue weighted by atomic mass is 9.98. The fraction of sp³-hybridized carbons (Fsp3) is 0.0556. The van der Waals surface area contributed by atoms with Crippen molar-refractivity contribution in [3.8, 4) is 0 Å². The van der Waals surface area contributed by atoms with Crippen LogP contribution in [0.4, 0.5) is 0 Å². The van der Waals surface area contributed by atoms with Crippen LogP contribution in [0.15, 0.2) is 58.3 Å². The van der Waals surface area contributed by atoms with Gasteiger partial charge in [-0.25, -0.2) is 4.98 Å². The quantitative estimate of drug-likeness (QED) is 0.465. The van der Waals surface area contributed by atoms with Crippen LogP contribution in [0, 0.1) is 0 Å². The van der Waals surface area contributed by atoms with Crippen LogP contribution in [-0.4, -0.2) is 42.5 Å². The first-order valence-electron chi connectivity index (χ1n) is 8.06. The molecule has 1 aliphatic carbocycles. The van der Waals surface area contributed by atoms with Crippen molar-refractivity contribution in [1.29, 1.82) is 0 Å². The van der Waals surface area contributed by atoms with Gasteiger partial charge in [-0.2, -0.15) is 16.8 Å². The highest BCUT2D eigenvalue weighted by molar-refractivity contribution is 7.86. The van der Waals surface area contributed by atoms with E-state index in [9.17, 15) is 35.5 Å². The van der Waals surface area contributed by atoms with Crippen LogP contribution in [-0.2, 0) is 20.2 Å². The first-order valence-corrected chi connectivity index (χ1v) is 10.9. The van der Waals surface area contributed by atoms with Crippen LogP contribution >= 0.6 is 0 Å². The minimum Gasteiger partial charge on any atom is -0.293 e. The largest absolute Gasteiger partial charge is 0.296 e. The van der Waals surface area contributed by atoms with Crippen LogP contribution in [0.1, 0.15) is 32.3 Å². The van der Waals surface area contributed by atoms with Crippen molar-refractivity contribution in [2.45, 2.75) is 15.7 Å². The van der Waals surface area contributed by atoms with E-state index < -0.39 is 53.2 Å². The van der Waals surface area contributed by atoms with Crippen molar-refractivity contribution in [2.75, 3.05) is 0 Å². The van der Waals surface area contributed by atoms with Gasteiger partial charge in [0, 0.05) is 16.5 Å². The van der Waals surface area contributed by atoms with Gasteiger partial charge in [0.2, 0.25) is 0 Å². The fourth-order valence-corrected chi connectivity index (χ4v) is 4.74. The number of para-hydroxylation sites is 1. The molecule has 0 unspecified atom stereocenters. The highest BCUT2D eigenvalue weighted by Gasteiger charge is 2.43. The molecule has 0 bridgehead atoms. The molecule has 0 saturated heterocycles. The van der Waals surface area contributed by atoms with E-state index in [0.717, 1.165) is 12.1 Å². The number of Topliss-reactive ketones (excluding diaryl/α,β-unsaturated/α-hetero) is 2. The Balaban J connectivity index is 2.09. The summed E-state index contributed by atoms with van der Waals surface area (Å²) in [5.74, 6) is -3.14. The standard InChI is InChI=1S/C18H11NO8S2/c20-17-10-5-1-2-6-11(10)18(21)14(17)16-13(29(25,26)27)8-9-4-3-7-12(15(9)19-16)28(22,23)24/h1-8,14H,(H,22,23,24)(H,25,26,27). The smallest absolute Gasteiger partial charge is 0.293 e. The third kappa shape index (κ3) is 3.04. The van der Waals surface area contributed by atoms with Crippen LogP contribution in [0.2, 0.25) is 0 Å². The highest BCUT2D eigenvalue weighted by atomic mass is 32.2. The summed E-state index contributed by atoms with van der Waals surface area (Å²) in [5.41, 5.74) is -0.821. The molecule has 4 rings (SSSR count). The highest BCUT2D eigenvalue weighted by Crippen LogP contribution is 2.37. The van der Waals surface area contributed by atoms with Crippen LogP contribution in [0.3, 0.4) is 0 Å². The van der Waals surface area contributed by atoms with E-state index in [1.807, 2.05) is 0 Å². The molecule has 0 spiro atoms. The predicted molar refractivity (Wildman–Crippen MR) is 99.2 cm³/mol. The third-order valence-corrected chi connectivity index (χ3v) is 6.38. The Bertz CT molecular complexity index is 1410. The Labute approximate surface area is 164 Å². The van der Waals surface area contributed by atoms with Gasteiger partial charge in [-0.15, -0.1) is 0 Å². The number of fused-ring (bicyclic) bond motifs is 2. The summed E-state index contributed by atoms with van der Waals surface area (Å²) in [6.45, 7) is 0. The number of benzene rings is 2. The molecule has 2 aromatic carbocycles. The Hall–Kier alpha value is -2.99. The minimum atomic E-state index is -4.92. The van der Waals surface area contributed by atoms with Gasteiger partial charge in [-0.1, -0.05) is 36.4 Å². The summed E-state index contributed by atoms with van der Waals surface area (Å²) in [4.78, 5) is 28.1. The summed E-state index contributed by atoms with van der Waals surface area (Å²) in [5, 5.41) is -0.0353. The van der Waals surface area contributed by atoms with Crippen LogP contribution in [0.25, 0.3) is 10.9 Å². The topological polar surface area (TPSA) is 156 Å². The molecule has 0 saturated carbocycles. The molecule has 0 amide bonds. The molecule has 0 fully saturated rings. The molecule has 9 nitrogen and oxygen atoms in total. The predicted octanol–water partition coefficient (Wildman–Crippen LogP) is 1.89. The lowest BCUT2D eigenvalue weighted by molar-refractivity contribution is 0.0886. The lowest BCUT2D eigenvalue weighted by Gasteiger charge is -2.13. The number of nitrogens with zero attached hydrogens (tertiary/aromatic N) is 1. The lowest BCUT2D eigenvalue weighted by Crippen LogP contribution is -2.19. The zero-order chi connectivity index (χ0) is 21.1. The van der Waals surface area contributed by atoms with Crippen LogP contribution in [0.5, 0.6) is 0 Å². The molecule has 1 aliphatic rings. The molecule has 0 atom stereocenters. The van der Waals surface area contributed by atoms with E-state index in [2.05, 4.69) is 4.98 Å². The maximum Gasteiger partial charge on any atom is 0.296 e. The average molecular weight is 433 g/mol. The molecule has 2 N–H and O–H groups in total. The fourth-order valence-electron chi connectivity index (χ4n) is 3.38. The van der Waals surface area contributed by atoms with Crippen molar-refractivity contribution < 1.29 is 35.5 Å². The average Bonchev–Trinajstić information content (AvgIpc) is 2.89. The Morgan fingerprint density at radius 1 is 0.759 bits per heavy atom. The molecule has 0 aliphatic heterocycles. The van der Waals surface area contributed by atoms with E-state index in [-0.39, 0.29) is 22.0 Å². The molecule has 3 aromatic rings. The second-order valence-corrected chi connectivity index (χ2v) is 9.14. The zero-order valence-electron chi connectivity index (χ0n) is 14.3. The van der Waals surface area contributed by atoms with Crippen LogP contribution < -0.4 is 0 Å². The SMILES string of the molecule is O=C1c2ccccc2C(=O)C1c1nc2c(S(=O)(=O)O)cccc2cc1S(=O)(=O)O. The number of rotatable bonds is 3. The van der Waals surface area contributed by atoms with E-state index in [0.29, 0.717) is 0 Å². The normalized spacial score (nSPS) is 15.1. The second kappa shape index (κ2) is 6.26. The molecule has 1 heterocycles. The summed E-state index contributed by atoms with van der Waals surface area (Å²) in [6, 6.07) is 10.3. The van der Waals surface area contributed by atoms with Crippen molar-refractivity contribution in [2.24, 2.45) is 0 Å². The third-order valence-electron chi connectivity index (χ3n) is 4.61. The summed E-state index contributed by atoms with van der Waals surface area (Å²) in [7, 11) is -9.67. The van der Waals surface area contributed by atoms with E-state index >= 15 is 0 Å². The first-order chi connectivity index (χ1) is 13.5. The van der Waals surface area contributed by atoms with E-state index in [1.54, 1.807) is 0 Å². The molecular weight excluding hydrogens is 422 g/mol. The van der Waals surface area contributed by atoms with Gasteiger partial charge >= 0.3 is 0 Å². The van der Waals surface area contributed by atoms with Gasteiger partial charge in [0.05, 0.1) is 11.2 Å². The van der Waals surface area contributed by atoms with Gasteiger partial charge in [0.15, 0.2) is 11.6 Å². The van der Waals surface area contributed by atoms with Crippen molar-refractivity contribution in [3.05, 3.63) is 65.4 Å². The second-order valence-electron chi connectivity index (χ2n) is 6.36. The van der Waals surface area contributed by atoms with Gasteiger partial charge in [-0.05, 0) is 12.1 Å². The molecule has 1 aromatic heterocycles. The summed E-state index contributed by atoms with van der Waals surface area (Å²) >= 11 is 0. The van der Waals surface area contributed by atoms with Crippen molar-refractivity contribution in [3.63, 3.8) is 0 Å². The van der Waals surface area contributed by atoms with Crippen molar-refractivity contribution >= 4 is 42.7 Å². The Kier molecular flexibility index (Phi) is 4.17. The van der Waals surface area contributed by atoms with Gasteiger partial charge in [0.25, 0.3) is 20.2 Å². The molecule has 0 radical (unpaired) electrons. The number of hydrogen-bond donors (Lipinski definition) is 2. The van der Waals surface area contributed by atoms with Crippen molar-refractivity contribution in [1.82, 2.24) is 4.98 Å².